The topological polar surface area (TPSA) is 50.3 Å². The molecule has 0 saturated heterocycles. The largest absolute Gasteiger partial charge is 0.377 e. The van der Waals surface area contributed by atoms with Crippen molar-refractivity contribution in [2.24, 2.45) is 0 Å². The SMILES string of the molecule is CC(C)OCCNc1ccnc(N(C)C)n1. The third-order valence-corrected chi connectivity index (χ3v) is 1.90. The van der Waals surface area contributed by atoms with E-state index < -0.39 is 0 Å². The van der Waals surface area contributed by atoms with Gasteiger partial charge in [-0.15, -0.1) is 0 Å². The first-order valence-corrected chi connectivity index (χ1v) is 5.45. The molecule has 0 unspecified atom stereocenters. The van der Waals surface area contributed by atoms with Crippen molar-refractivity contribution >= 4 is 11.8 Å². The standard InChI is InChI=1S/C11H20N4O/c1-9(2)16-8-7-12-10-5-6-13-11(14-10)15(3)4/h5-6,9H,7-8H2,1-4H3,(H,12,13,14). The number of aromatic nitrogens is 2. The van der Waals surface area contributed by atoms with Gasteiger partial charge in [0.25, 0.3) is 0 Å². The Hall–Kier alpha value is -1.36. The highest BCUT2D eigenvalue weighted by molar-refractivity contribution is 5.40. The molecule has 5 heteroatoms. The summed E-state index contributed by atoms with van der Waals surface area (Å²) in [6.45, 7) is 5.48. The molecule has 1 N–H and O–H groups in total. The zero-order valence-corrected chi connectivity index (χ0v) is 10.4. The van der Waals surface area contributed by atoms with Crippen LogP contribution in [0.3, 0.4) is 0 Å². The normalized spacial score (nSPS) is 10.6. The summed E-state index contributed by atoms with van der Waals surface area (Å²) in [5.41, 5.74) is 0. The van der Waals surface area contributed by atoms with E-state index >= 15 is 0 Å². The minimum atomic E-state index is 0.268. The van der Waals surface area contributed by atoms with Gasteiger partial charge in [-0.2, -0.15) is 4.98 Å². The maximum Gasteiger partial charge on any atom is 0.226 e. The second-order valence-electron chi connectivity index (χ2n) is 3.98. The van der Waals surface area contributed by atoms with Gasteiger partial charge in [-0.1, -0.05) is 0 Å². The van der Waals surface area contributed by atoms with Gasteiger partial charge in [-0.3, -0.25) is 0 Å². The number of ether oxygens (including phenoxy) is 1. The van der Waals surface area contributed by atoms with Crippen molar-refractivity contribution in [1.82, 2.24) is 9.97 Å². The van der Waals surface area contributed by atoms with E-state index in [0.29, 0.717) is 12.6 Å². The average Bonchev–Trinajstić information content (AvgIpc) is 2.24. The molecular formula is C11H20N4O. The zero-order chi connectivity index (χ0) is 12.0. The van der Waals surface area contributed by atoms with Crippen LogP contribution >= 0.6 is 0 Å². The van der Waals surface area contributed by atoms with Gasteiger partial charge >= 0.3 is 0 Å². The first kappa shape index (κ1) is 12.7. The predicted molar refractivity (Wildman–Crippen MR) is 65.9 cm³/mol. The predicted octanol–water partition coefficient (Wildman–Crippen LogP) is 1.38. The number of rotatable bonds is 6. The molecule has 0 radical (unpaired) electrons. The number of anilines is 2. The summed E-state index contributed by atoms with van der Waals surface area (Å²) < 4.78 is 5.42. The highest BCUT2D eigenvalue weighted by Crippen LogP contribution is 2.07. The fraction of sp³-hybridized carbons (Fsp3) is 0.636. The monoisotopic (exact) mass is 224 g/mol. The Balaban J connectivity index is 2.39. The molecule has 0 aliphatic rings. The van der Waals surface area contributed by atoms with Crippen LogP contribution in [0.15, 0.2) is 12.3 Å². The minimum Gasteiger partial charge on any atom is -0.377 e. The lowest BCUT2D eigenvalue weighted by Crippen LogP contribution is -2.16. The van der Waals surface area contributed by atoms with Crippen LogP contribution in [0.2, 0.25) is 0 Å². The van der Waals surface area contributed by atoms with Gasteiger partial charge in [-0.05, 0) is 19.9 Å². The molecule has 0 bridgehead atoms. The second kappa shape index (κ2) is 6.27. The Kier molecular flexibility index (Phi) is 4.98. The first-order chi connectivity index (χ1) is 7.59. The molecule has 1 rings (SSSR count). The van der Waals surface area contributed by atoms with Crippen molar-refractivity contribution in [2.45, 2.75) is 20.0 Å². The van der Waals surface area contributed by atoms with Crippen molar-refractivity contribution in [3.05, 3.63) is 12.3 Å². The Morgan fingerprint density at radius 1 is 1.44 bits per heavy atom. The molecule has 1 heterocycles. The molecule has 0 aliphatic carbocycles. The molecule has 0 aromatic carbocycles. The van der Waals surface area contributed by atoms with Gasteiger partial charge in [0, 0.05) is 26.8 Å². The van der Waals surface area contributed by atoms with E-state index in [9.17, 15) is 0 Å². The maximum atomic E-state index is 5.42. The van der Waals surface area contributed by atoms with Crippen LogP contribution in [-0.4, -0.2) is 43.3 Å². The highest BCUT2D eigenvalue weighted by atomic mass is 16.5. The van der Waals surface area contributed by atoms with E-state index in [1.165, 1.54) is 0 Å². The summed E-state index contributed by atoms with van der Waals surface area (Å²) in [5.74, 6) is 1.53. The van der Waals surface area contributed by atoms with Gasteiger partial charge in [0.15, 0.2) is 0 Å². The Morgan fingerprint density at radius 3 is 2.81 bits per heavy atom. The van der Waals surface area contributed by atoms with E-state index in [4.69, 9.17) is 4.74 Å². The van der Waals surface area contributed by atoms with Crippen molar-refractivity contribution in [1.29, 1.82) is 0 Å². The lowest BCUT2D eigenvalue weighted by molar-refractivity contribution is 0.0870. The van der Waals surface area contributed by atoms with Crippen LogP contribution in [-0.2, 0) is 4.74 Å². The minimum absolute atomic E-state index is 0.268. The van der Waals surface area contributed by atoms with Crippen LogP contribution < -0.4 is 10.2 Å². The summed E-state index contributed by atoms with van der Waals surface area (Å²) in [5, 5.41) is 3.19. The Labute approximate surface area is 96.8 Å². The number of hydrogen-bond donors (Lipinski definition) is 1. The van der Waals surface area contributed by atoms with E-state index in [-0.39, 0.29) is 6.10 Å². The Morgan fingerprint density at radius 2 is 2.19 bits per heavy atom. The molecule has 0 aliphatic heterocycles. The van der Waals surface area contributed by atoms with Gasteiger partial charge in [0.2, 0.25) is 5.95 Å². The number of nitrogens with one attached hydrogen (secondary N) is 1. The summed E-state index contributed by atoms with van der Waals surface area (Å²) >= 11 is 0. The van der Waals surface area contributed by atoms with E-state index in [1.807, 2.05) is 38.9 Å². The zero-order valence-electron chi connectivity index (χ0n) is 10.4. The van der Waals surface area contributed by atoms with Gasteiger partial charge in [-0.25, -0.2) is 4.98 Å². The molecule has 0 fully saturated rings. The summed E-state index contributed by atoms with van der Waals surface area (Å²) in [6, 6.07) is 1.85. The molecule has 0 amide bonds. The number of hydrogen-bond acceptors (Lipinski definition) is 5. The third-order valence-electron chi connectivity index (χ3n) is 1.90. The van der Waals surface area contributed by atoms with Crippen LogP contribution in [0.5, 0.6) is 0 Å². The van der Waals surface area contributed by atoms with E-state index in [1.54, 1.807) is 6.20 Å². The highest BCUT2D eigenvalue weighted by Gasteiger charge is 2.00. The molecule has 90 valence electrons. The van der Waals surface area contributed by atoms with Gasteiger partial charge in [0.05, 0.1) is 12.7 Å². The molecule has 1 aromatic heterocycles. The van der Waals surface area contributed by atoms with E-state index in [2.05, 4.69) is 15.3 Å². The van der Waals surface area contributed by atoms with Gasteiger partial charge in [0.1, 0.15) is 5.82 Å². The average molecular weight is 224 g/mol. The quantitative estimate of drug-likeness (QED) is 0.740. The third kappa shape index (κ3) is 4.44. The molecular weight excluding hydrogens is 204 g/mol. The second-order valence-corrected chi connectivity index (χ2v) is 3.98. The summed E-state index contributed by atoms with van der Waals surface area (Å²) in [6.07, 6.45) is 2.01. The lowest BCUT2D eigenvalue weighted by Gasteiger charge is -2.12. The van der Waals surface area contributed by atoms with Crippen molar-refractivity contribution in [2.75, 3.05) is 37.5 Å². The molecule has 1 aromatic rings. The fourth-order valence-corrected chi connectivity index (χ4v) is 1.14. The van der Waals surface area contributed by atoms with Gasteiger partial charge < -0.3 is 15.0 Å². The number of nitrogens with zero attached hydrogens (tertiary/aromatic N) is 3. The van der Waals surface area contributed by atoms with Crippen LogP contribution in [0.4, 0.5) is 11.8 Å². The summed E-state index contributed by atoms with van der Waals surface area (Å²) in [7, 11) is 3.84. The van der Waals surface area contributed by atoms with Crippen molar-refractivity contribution in [3.63, 3.8) is 0 Å². The molecule has 0 atom stereocenters. The van der Waals surface area contributed by atoms with Crippen LogP contribution in [0.1, 0.15) is 13.8 Å². The summed E-state index contributed by atoms with van der Waals surface area (Å²) in [4.78, 5) is 10.3. The van der Waals surface area contributed by atoms with Crippen LogP contribution in [0.25, 0.3) is 0 Å². The van der Waals surface area contributed by atoms with E-state index in [0.717, 1.165) is 12.4 Å². The molecule has 0 spiro atoms. The van der Waals surface area contributed by atoms with Crippen molar-refractivity contribution in [3.8, 4) is 0 Å². The smallest absolute Gasteiger partial charge is 0.226 e. The molecule has 16 heavy (non-hydrogen) atoms. The Bertz CT molecular complexity index is 315. The first-order valence-electron chi connectivity index (χ1n) is 5.45. The maximum absolute atomic E-state index is 5.42. The molecule has 5 nitrogen and oxygen atoms in total. The lowest BCUT2D eigenvalue weighted by atomic mass is 10.5. The fourth-order valence-electron chi connectivity index (χ4n) is 1.14. The van der Waals surface area contributed by atoms with Crippen LogP contribution in [0, 0.1) is 0 Å². The molecule has 0 saturated carbocycles. The van der Waals surface area contributed by atoms with Crippen molar-refractivity contribution < 1.29 is 4.74 Å².